The minimum atomic E-state index is -0.359. The SMILES string of the molecule is CCOC(=O)c1cccc(-c2nc(N3CCOCC3)nc(N3CCN(c4ccccn4)CC3)n2)c1. The second-order valence-electron chi connectivity index (χ2n) is 8.32. The van der Waals surface area contributed by atoms with Gasteiger partial charge in [-0.15, -0.1) is 0 Å². The number of aromatic nitrogens is 4. The minimum absolute atomic E-state index is 0.324. The van der Waals surface area contributed by atoms with Gasteiger partial charge in [0.2, 0.25) is 11.9 Å². The Hall–Kier alpha value is -3.79. The van der Waals surface area contributed by atoms with Gasteiger partial charge in [0.05, 0.1) is 25.4 Å². The van der Waals surface area contributed by atoms with E-state index in [4.69, 9.17) is 24.4 Å². The zero-order valence-corrected chi connectivity index (χ0v) is 19.8. The van der Waals surface area contributed by atoms with Crippen molar-refractivity contribution < 1.29 is 14.3 Å². The monoisotopic (exact) mass is 475 g/mol. The second-order valence-corrected chi connectivity index (χ2v) is 8.32. The van der Waals surface area contributed by atoms with Crippen LogP contribution in [-0.4, -0.2) is 85.0 Å². The number of hydrogen-bond donors (Lipinski definition) is 0. The van der Waals surface area contributed by atoms with Gasteiger partial charge in [-0.25, -0.2) is 9.78 Å². The molecule has 4 heterocycles. The van der Waals surface area contributed by atoms with Crippen LogP contribution in [0.25, 0.3) is 11.4 Å². The van der Waals surface area contributed by atoms with Crippen molar-refractivity contribution >= 4 is 23.7 Å². The van der Waals surface area contributed by atoms with E-state index in [-0.39, 0.29) is 5.97 Å². The lowest BCUT2D eigenvalue weighted by Crippen LogP contribution is -2.47. The molecule has 0 atom stereocenters. The van der Waals surface area contributed by atoms with E-state index in [1.165, 1.54) is 0 Å². The topological polar surface area (TPSA) is 96.8 Å². The van der Waals surface area contributed by atoms with E-state index in [9.17, 15) is 4.79 Å². The lowest BCUT2D eigenvalue weighted by Gasteiger charge is -2.36. The van der Waals surface area contributed by atoms with Gasteiger partial charge in [-0.2, -0.15) is 15.0 Å². The number of ether oxygens (including phenoxy) is 2. The van der Waals surface area contributed by atoms with Crippen LogP contribution in [0.3, 0.4) is 0 Å². The Morgan fingerprint density at radius 3 is 2.29 bits per heavy atom. The number of esters is 1. The number of hydrogen-bond acceptors (Lipinski definition) is 10. The largest absolute Gasteiger partial charge is 0.462 e. The summed E-state index contributed by atoms with van der Waals surface area (Å²) in [5.74, 6) is 2.42. The van der Waals surface area contributed by atoms with Crippen LogP contribution in [0.1, 0.15) is 17.3 Å². The summed E-state index contributed by atoms with van der Waals surface area (Å²) in [6.45, 7) is 8.02. The summed E-state index contributed by atoms with van der Waals surface area (Å²) in [7, 11) is 0. The zero-order chi connectivity index (χ0) is 24.0. The van der Waals surface area contributed by atoms with Gasteiger partial charge in [-0.1, -0.05) is 18.2 Å². The maximum Gasteiger partial charge on any atom is 0.338 e. The smallest absolute Gasteiger partial charge is 0.338 e. The highest BCUT2D eigenvalue weighted by Gasteiger charge is 2.24. The Labute approximate surface area is 204 Å². The highest BCUT2D eigenvalue weighted by molar-refractivity contribution is 5.90. The van der Waals surface area contributed by atoms with Crippen molar-refractivity contribution in [2.24, 2.45) is 0 Å². The molecule has 0 radical (unpaired) electrons. The molecule has 35 heavy (non-hydrogen) atoms. The highest BCUT2D eigenvalue weighted by atomic mass is 16.5. The van der Waals surface area contributed by atoms with Crippen molar-refractivity contribution in [1.82, 2.24) is 19.9 Å². The molecule has 1 aromatic carbocycles. The van der Waals surface area contributed by atoms with E-state index < -0.39 is 0 Å². The summed E-state index contributed by atoms with van der Waals surface area (Å²) in [6.07, 6.45) is 1.82. The van der Waals surface area contributed by atoms with Crippen LogP contribution >= 0.6 is 0 Å². The highest BCUT2D eigenvalue weighted by Crippen LogP contribution is 2.24. The molecule has 2 aliphatic heterocycles. The third-order valence-corrected chi connectivity index (χ3v) is 6.07. The fourth-order valence-electron chi connectivity index (χ4n) is 4.21. The van der Waals surface area contributed by atoms with Gasteiger partial charge >= 0.3 is 5.97 Å². The van der Waals surface area contributed by atoms with Crippen LogP contribution in [-0.2, 0) is 9.47 Å². The molecular formula is C25H29N7O3. The van der Waals surface area contributed by atoms with Gasteiger partial charge < -0.3 is 24.2 Å². The summed E-state index contributed by atoms with van der Waals surface area (Å²) in [4.78, 5) is 37.8. The first-order valence-electron chi connectivity index (χ1n) is 12.0. The van der Waals surface area contributed by atoms with E-state index in [0.29, 0.717) is 43.1 Å². The van der Waals surface area contributed by atoms with Crippen LogP contribution in [0.4, 0.5) is 17.7 Å². The molecule has 0 unspecified atom stereocenters. The summed E-state index contributed by atoms with van der Waals surface area (Å²) in [6, 6.07) is 13.2. The number of morpholine rings is 1. The Kier molecular flexibility index (Phi) is 6.99. The number of benzene rings is 1. The fourth-order valence-corrected chi connectivity index (χ4v) is 4.21. The van der Waals surface area contributed by atoms with Gasteiger partial charge in [0.25, 0.3) is 0 Å². The van der Waals surface area contributed by atoms with Gasteiger partial charge in [0.1, 0.15) is 5.82 Å². The molecular weight excluding hydrogens is 446 g/mol. The molecule has 2 saturated heterocycles. The molecule has 0 aliphatic carbocycles. The molecule has 182 valence electrons. The van der Waals surface area contributed by atoms with Crippen molar-refractivity contribution in [2.45, 2.75) is 6.92 Å². The molecule has 0 N–H and O–H groups in total. The Bertz CT molecular complexity index is 1150. The van der Waals surface area contributed by atoms with E-state index in [1.54, 1.807) is 19.1 Å². The maximum absolute atomic E-state index is 12.3. The minimum Gasteiger partial charge on any atom is -0.462 e. The van der Waals surface area contributed by atoms with Gasteiger partial charge in [-0.3, -0.25) is 0 Å². The summed E-state index contributed by atoms with van der Waals surface area (Å²) < 4.78 is 10.7. The summed E-state index contributed by atoms with van der Waals surface area (Å²) in [5.41, 5.74) is 1.23. The normalized spacial score (nSPS) is 16.3. The van der Waals surface area contributed by atoms with Crippen LogP contribution in [0.15, 0.2) is 48.7 Å². The quantitative estimate of drug-likeness (QED) is 0.494. The number of anilines is 3. The molecule has 2 aromatic heterocycles. The molecule has 0 saturated carbocycles. The molecule has 0 amide bonds. The van der Waals surface area contributed by atoms with Crippen molar-refractivity contribution in [3.8, 4) is 11.4 Å². The molecule has 10 heteroatoms. The second kappa shape index (κ2) is 10.6. The first kappa shape index (κ1) is 23.0. The number of carbonyl (C=O) groups is 1. The Balaban J connectivity index is 1.43. The van der Waals surface area contributed by atoms with E-state index in [1.807, 2.05) is 36.5 Å². The van der Waals surface area contributed by atoms with Crippen LogP contribution in [0, 0.1) is 0 Å². The standard InChI is InChI=1S/C25H29N7O3/c1-2-35-23(33)20-7-5-6-19(18-20)22-27-24(29-25(28-22)32-14-16-34-17-15-32)31-12-10-30(11-13-31)21-8-3-4-9-26-21/h3-9,18H,2,10-17H2,1H3. The third kappa shape index (κ3) is 5.32. The number of pyridine rings is 1. The number of carbonyl (C=O) groups excluding carboxylic acids is 1. The lowest BCUT2D eigenvalue weighted by molar-refractivity contribution is 0.0526. The first-order valence-corrected chi connectivity index (χ1v) is 12.0. The fraction of sp³-hybridized carbons (Fsp3) is 0.400. The average molecular weight is 476 g/mol. The molecule has 10 nitrogen and oxygen atoms in total. The van der Waals surface area contributed by atoms with E-state index in [0.717, 1.165) is 50.6 Å². The van der Waals surface area contributed by atoms with E-state index >= 15 is 0 Å². The maximum atomic E-state index is 12.3. The number of rotatable bonds is 6. The third-order valence-electron chi connectivity index (χ3n) is 6.07. The Morgan fingerprint density at radius 1 is 0.886 bits per heavy atom. The van der Waals surface area contributed by atoms with Crippen molar-refractivity contribution in [3.05, 3.63) is 54.2 Å². The molecule has 5 rings (SSSR count). The molecule has 3 aromatic rings. The average Bonchev–Trinajstić information content (AvgIpc) is 2.94. The Morgan fingerprint density at radius 2 is 1.60 bits per heavy atom. The van der Waals surface area contributed by atoms with Crippen LogP contribution in [0.2, 0.25) is 0 Å². The van der Waals surface area contributed by atoms with Crippen molar-refractivity contribution in [2.75, 3.05) is 73.8 Å². The number of nitrogens with zero attached hydrogens (tertiary/aromatic N) is 7. The predicted molar refractivity (Wildman–Crippen MR) is 133 cm³/mol. The number of piperazine rings is 1. The van der Waals surface area contributed by atoms with Gasteiger partial charge in [0, 0.05) is 51.0 Å². The van der Waals surface area contributed by atoms with E-state index in [2.05, 4.69) is 19.7 Å². The predicted octanol–water partition coefficient (Wildman–Crippen LogP) is 2.27. The molecule has 2 aliphatic rings. The first-order chi connectivity index (χ1) is 17.2. The van der Waals surface area contributed by atoms with Gasteiger partial charge in [0.15, 0.2) is 5.82 Å². The van der Waals surface area contributed by atoms with Crippen molar-refractivity contribution in [3.63, 3.8) is 0 Å². The summed E-state index contributed by atoms with van der Waals surface area (Å²) >= 11 is 0. The van der Waals surface area contributed by atoms with Crippen LogP contribution < -0.4 is 14.7 Å². The van der Waals surface area contributed by atoms with Crippen molar-refractivity contribution in [1.29, 1.82) is 0 Å². The lowest BCUT2D eigenvalue weighted by atomic mass is 10.1. The molecule has 0 bridgehead atoms. The van der Waals surface area contributed by atoms with Crippen LogP contribution in [0.5, 0.6) is 0 Å². The zero-order valence-electron chi connectivity index (χ0n) is 19.8. The molecule has 2 fully saturated rings. The van der Waals surface area contributed by atoms with Gasteiger partial charge in [-0.05, 0) is 31.2 Å². The molecule has 0 spiro atoms. The summed E-state index contributed by atoms with van der Waals surface area (Å²) in [5, 5.41) is 0.